The fourth-order valence-corrected chi connectivity index (χ4v) is 4.47. The zero-order chi connectivity index (χ0) is 17.6. The summed E-state index contributed by atoms with van der Waals surface area (Å²) in [6, 6.07) is 10.6. The molecule has 0 radical (unpaired) electrons. The van der Waals surface area contributed by atoms with E-state index in [4.69, 9.17) is 0 Å². The number of aliphatic hydroxyl groups excluding tert-OH is 1. The smallest absolute Gasteiger partial charge is 0.268 e. The monoisotopic (exact) mass is 349 g/mol. The molecule has 1 heterocycles. The third-order valence-corrected chi connectivity index (χ3v) is 6.02. The number of benzene rings is 1. The molecule has 0 saturated heterocycles. The maximum absolute atomic E-state index is 13.1. The number of hydrogen-bond donors (Lipinski definition) is 1. The van der Waals surface area contributed by atoms with E-state index in [-0.39, 0.29) is 6.61 Å². The van der Waals surface area contributed by atoms with Crippen LogP contribution in [0, 0.1) is 6.92 Å². The van der Waals surface area contributed by atoms with Gasteiger partial charge in [-0.25, -0.2) is 12.4 Å². The first-order chi connectivity index (χ1) is 11.5. The topological polar surface area (TPSA) is 59.3 Å². The summed E-state index contributed by atoms with van der Waals surface area (Å²) in [5.74, 6) is 0. The fourth-order valence-electron chi connectivity index (χ4n) is 2.85. The van der Waals surface area contributed by atoms with Crippen LogP contribution in [0.3, 0.4) is 0 Å². The van der Waals surface area contributed by atoms with Gasteiger partial charge in [0.25, 0.3) is 10.0 Å². The van der Waals surface area contributed by atoms with E-state index in [1.54, 1.807) is 12.1 Å². The second-order valence-electron chi connectivity index (χ2n) is 6.18. The van der Waals surface area contributed by atoms with Gasteiger partial charge < -0.3 is 5.11 Å². The molecule has 2 rings (SSSR count). The van der Waals surface area contributed by atoms with Crippen molar-refractivity contribution in [2.24, 2.45) is 0 Å². The van der Waals surface area contributed by atoms with Crippen LogP contribution in [0.2, 0.25) is 0 Å². The van der Waals surface area contributed by atoms with Crippen molar-refractivity contribution in [3.63, 3.8) is 0 Å². The van der Waals surface area contributed by atoms with Crippen LogP contribution in [0.25, 0.3) is 0 Å². The first-order valence-corrected chi connectivity index (χ1v) is 10.1. The molecule has 0 aliphatic heterocycles. The third-order valence-electron chi connectivity index (χ3n) is 4.20. The molecule has 132 valence electrons. The minimum Gasteiger partial charge on any atom is -0.396 e. The van der Waals surface area contributed by atoms with Gasteiger partial charge in [-0.2, -0.15) is 0 Å². The summed E-state index contributed by atoms with van der Waals surface area (Å²) in [6.07, 6.45) is 5.45. The summed E-state index contributed by atoms with van der Waals surface area (Å²) in [4.78, 5) is 0.290. The first kappa shape index (κ1) is 18.7. The average Bonchev–Trinajstić information content (AvgIpc) is 2.96. The number of aliphatic hydroxyl groups is 1. The van der Waals surface area contributed by atoms with Gasteiger partial charge in [-0.05, 0) is 44.0 Å². The second-order valence-corrected chi connectivity index (χ2v) is 7.97. The minimum atomic E-state index is -3.63. The lowest BCUT2D eigenvalue weighted by Gasteiger charge is -2.14. The highest BCUT2D eigenvalue weighted by atomic mass is 32.2. The van der Waals surface area contributed by atoms with Crippen LogP contribution in [-0.4, -0.2) is 24.1 Å². The Morgan fingerprint density at radius 2 is 1.54 bits per heavy atom. The lowest BCUT2D eigenvalue weighted by atomic mass is 10.1. The minimum absolute atomic E-state index is 0.0668. The molecule has 0 aliphatic carbocycles. The Morgan fingerprint density at radius 3 is 2.12 bits per heavy atom. The van der Waals surface area contributed by atoms with Crippen molar-refractivity contribution in [3.05, 3.63) is 53.3 Å². The Balaban J connectivity index is 2.37. The molecule has 1 N–H and O–H groups in total. The van der Waals surface area contributed by atoms with E-state index in [2.05, 4.69) is 6.92 Å². The lowest BCUT2D eigenvalue weighted by Crippen LogP contribution is -2.19. The number of nitrogens with zero attached hydrogens (tertiary/aromatic N) is 1. The Kier molecular flexibility index (Phi) is 6.63. The molecule has 5 heteroatoms. The Labute approximate surface area is 145 Å². The molecule has 4 nitrogen and oxygen atoms in total. The summed E-state index contributed by atoms with van der Waals surface area (Å²) >= 11 is 0. The molecule has 2 aromatic rings. The summed E-state index contributed by atoms with van der Waals surface area (Å²) in [5.41, 5.74) is 2.47. The van der Waals surface area contributed by atoms with Gasteiger partial charge in [-0.15, -0.1) is 0 Å². The normalized spacial score (nSPS) is 11.8. The van der Waals surface area contributed by atoms with Crippen molar-refractivity contribution in [1.29, 1.82) is 0 Å². The molecular weight excluding hydrogens is 322 g/mol. The SMILES string of the molecule is CCCCCCc1ccc(CCO)n1S(=O)(=O)c1ccc(C)cc1. The van der Waals surface area contributed by atoms with Crippen LogP contribution >= 0.6 is 0 Å². The molecule has 0 aliphatic rings. The van der Waals surface area contributed by atoms with Crippen molar-refractivity contribution < 1.29 is 13.5 Å². The second kappa shape index (κ2) is 8.49. The van der Waals surface area contributed by atoms with E-state index in [1.165, 1.54) is 3.97 Å². The Hall–Kier alpha value is -1.59. The van der Waals surface area contributed by atoms with Crippen molar-refractivity contribution in [2.75, 3.05) is 6.61 Å². The van der Waals surface area contributed by atoms with Crippen LogP contribution in [0.15, 0.2) is 41.3 Å². The number of rotatable bonds is 9. The maximum atomic E-state index is 13.1. The van der Waals surface area contributed by atoms with Crippen LogP contribution in [0.1, 0.15) is 49.6 Å². The third kappa shape index (κ3) is 4.28. The molecule has 1 aromatic heterocycles. The predicted molar refractivity (Wildman–Crippen MR) is 96.8 cm³/mol. The summed E-state index contributed by atoms with van der Waals surface area (Å²) in [5, 5.41) is 9.26. The van der Waals surface area contributed by atoms with Crippen LogP contribution < -0.4 is 0 Å². The molecule has 24 heavy (non-hydrogen) atoms. The molecular formula is C19H27NO3S. The van der Waals surface area contributed by atoms with E-state index in [1.807, 2.05) is 31.2 Å². The fraction of sp³-hybridized carbons (Fsp3) is 0.474. The van der Waals surface area contributed by atoms with Gasteiger partial charge in [0, 0.05) is 24.4 Å². The summed E-state index contributed by atoms with van der Waals surface area (Å²) in [6.45, 7) is 4.02. The molecule has 0 saturated carbocycles. The van der Waals surface area contributed by atoms with Gasteiger partial charge in [0.1, 0.15) is 0 Å². The van der Waals surface area contributed by atoms with Crippen LogP contribution in [0.5, 0.6) is 0 Å². The van der Waals surface area contributed by atoms with Gasteiger partial charge >= 0.3 is 0 Å². The highest BCUT2D eigenvalue weighted by Crippen LogP contribution is 2.22. The van der Waals surface area contributed by atoms with E-state index in [9.17, 15) is 13.5 Å². The van der Waals surface area contributed by atoms with Crippen molar-refractivity contribution in [1.82, 2.24) is 3.97 Å². The maximum Gasteiger partial charge on any atom is 0.268 e. The van der Waals surface area contributed by atoms with Crippen LogP contribution in [0.4, 0.5) is 0 Å². The molecule has 0 bridgehead atoms. The highest BCUT2D eigenvalue weighted by molar-refractivity contribution is 7.90. The van der Waals surface area contributed by atoms with Crippen molar-refractivity contribution in [3.8, 4) is 0 Å². The standard InChI is InChI=1S/C19H27NO3S/c1-3-4-5-6-7-17-10-11-18(14-15-21)20(17)24(22,23)19-12-8-16(2)9-13-19/h8-13,21H,3-7,14-15H2,1-2H3. The van der Waals surface area contributed by atoms with E-state index in [0.29, 0.717) is 17.0 Å². The average molecular weight is 349 g/mol. The summed E-state index contributed by atoms with van der Waals surface area (Å²) in [7, 11) is -3.63. The molecule has 0 amide bonds. The molecule has 0 fully saturated rings. The van der Waals surface area contributed by atoms with Gasteiger partial charge in [-0.1, -0.05) is 43.9 Å². The summed E-state index contributed by atoms with van der Waals surface area (Å²) < 4.78 is 27.6. The van der Waals surface area contributed by atoms with E-state index < -0.39 is 10.0 Å². The number of aryl methyl sites for hydroxylation is 2. The number of aromatic nitrogens is 1. The van der Waals surface area contributed by atoms with Crippen LogP contribution in [-0.2, 0) is 22.9 Å². The zero-order valence-electron chi connectivity index (χ0n) is 14.5. The van der Waals surface area contributed by atoms with Gasteiger partial charge in [0.2, 0.25) is 0 Å². The largest absolute Gasteiger partial charge is 0.396 e. The van der Waals surface area contributed by atoms with Crippen molar-refractivity contribution >= 4 is 10.0 Å². The molecule has 0 atom stereocenters. The number of unbranched alkanes of at least 4 members (excludes halogenated alkanes) is 3. The Morgan fingerprint density at radius 1 is 0.917 bits per heavy atom. The quantitative estimate of drug-likeness (QED) is 0.702. The van der Waals surface area contributed by atoms with E-state index >= 15 is 0 Å². The Bertz CT molecular complexity index is 745. The van der Waals surface area contributed by atoms with E-state index in [0.717, 1.165) is 43.4 Å². The first-order valence-electron chi connectivity index (χ1n) is 8.63. The van der Waals surface area contributed by atoms with Gasteiger partial charge in [0.05, 0.1) is 4.90 Å². The molecule has 1 aromatic carbocycles. The molecule has 0 unspecified atom stereocenters. The zero-order valence-corrected chi connectivity index (χ0v) is 15.3. The van der Waals surface area contributed by atoms with Crippen molar-refractivity contribution in [2.45, 2.75) is 57.3 Å². The van der Waals surface area contributed by atoms with Gasteiger partial charge in [-0.3, -0.25) is 0 Å². The van der Waals surface area contributed by atoms with Gasteiger partial charge in [0.15, 0.2) is 0 Å². The lowest BCUT2D eigenvalue weighted by molar-refractivity contribution is 0.298. The highest BCUT2D eigenvalue weighted by Gasteiger charge is 2.22. The molecule has 0 spiro atoms. The number of hydrogen-bond acceptors (Lipinski definition) is 3. The predicted octanol–water partition coefficient (Wildman–Crippen LogP) is 3.69.